The number of hydrogen-bond donors (Lipinski definition) is 2. The van der Waals surface area contributed by atoms with Crippen LogP contribution in [0.25, 0.3) is 0 Å². The third kappa shape index (κ3) is 3.40. The van der Waals surface area contributed by atoms with Crippen LogP contribution in [0.5, 0.6) is 17.2 Å². The molecule has 0 aliphatic carbocycles. The van der Waals surface area contributed by atoms with Crippen LogP contribution in [-0.4, -0.2) is 25.4 Å². The van der Waals surface area contributed by atoms with E-state index in [1.807, 2.05) is 42.5 Å². The zero-order valence-corrected chi connectivity index (χ0v) is 12.9. The number of benzene rings is 2. The van der Waals surface area contributed by atoms with Gasteiger partial charge in [-0.2, -0.15) is 0 Å². The van der Waals surface area contributed by atoms with Gasteiger partial charge in [0.15, 0.2) is 16.6 Å². The van der Waals surface area contributed by atoms with Crippen LogP contribution in [0.15, 0.2) is 42.5 Å². The number of thiocarbonyl (C=S) groups is 1. The molecular weight excluding hydrogens is 300 g/mol. The van der Waals surface area contributed by atoms with Crippen molar-refractivity contribution in [3.8, 4) is 17.2 Å². The number of fused-ring (bicyclic) bond motifs is 1. The summed E-state index contributed by atoms with van der Waals surface area (Å²) in [6.07, 6.45) is 0. The van der Waals surface area contributed by atoms with E-state index in [1.165, 1.54) is 0 Å². The van der Waals surface area contributed by atoms with Gasteiger partial charge in [-0.15, -0.1) is 0 Å². The zero-order chi connectivity index (χ0) is 15.4. The maximum absolute atomic E-state index is 5.55. The van der Waals surface area contributed by atoms with Crippen LogP contribution in [0.4, 0.5) is 11.4 Å². The molecule has 1 aliphatic rings. The monoisotopic (exact) mass is 316 g/mol. The molecule has 0 bridgehead atoms. The molecule has 0 saturated heterocycles. The Hall–Kier alpha value is -2.47. The molecule has 22 heavy (non-hydrogen) atoms. The van der Waals surface area contributed by atoms with Gasteiger partial charge in [-0.1, -0.05) is 6.07 Å². The van der Waals surface area contributed by atoms with Crippen molar-refractivity contribution < 1.29 is 14.2 Å². The van der Waals surface area contributed by atoms with Gasteiger partial charge in [0.05, 0.1) is 7.11 Å². The molecule has 0 fully saturated rings. The highest BCUT2D eigenvalue weighted by molar-refractivity contribution is 7.80. The molecule has 2 aromatic carbocycles. The van der Waals surface area contributed by atoms with Crippen LogP contribution in [0.1, 0.15) is 0 Å². The molecule has 114 valence electrons. The largest absolute Gasteiger partial charge is 0.497 e. The highest BCUT2D eigenvalue weighted by atomic mass is 32.1. The average Bonchev–Trinajstić information content (AvgIpc) is 2.55. The Kier molecular flexibility index (Phi) is 4.29. The van der Waals surface area contributed by atoms with Crippen LogP contribution >= 0.6 is 12.2 Å². The first kappa shape index (κ1) is 14.5. The summed E-state index contributed by atoms with van der Waals surface area (Å²) in [5, 5.41) is 6.73. The summed E-state index contributed by atoms with van der Waals surface area (Å²) in [7, 11) is 1.63. The number of ether oxygens (including phenoxy) is 3. The Labute approximate surface area is 134 Å². The summed E-state index contributed by atoms with van der Waals surface area (Å²) >= 11 is 5.32. The first-order valence-corrected chi connectivity index (χ1v) is 7.27. The van der Waals surface area contributed by atoms with Gasteiger partial charge in [0.2, 0.25) is 0 Å². The van der Waals surface area contributed by atoms with Crippen molar-refractivity contribution in [2.45, 2.75) is 0 Å². The van der Waals surface area contributed by atoms with Crippen molar-refractivity contribution in [3.63, 3.8) is 0 Å². The van der Waals surface area contributed by atoms with Crippen molar-refractivity contribution in [1.82, 2.24) is 0 Å². The summed E-state index contributed by atoms with van der Waals surface area (Å²) < 4.78 is 16.2. The van der Waals surface area contributed by atoms with Gasteiger partial charge in [-0.3, -0.25) is 0 Å². The van der Waals surface area contributed by atoms with Gasteiger partial charge >= 0.3 is 0 Å². The topological polar surface area (TPSA) is 51.8 Å². The van der Waals surface area contributed by atoms with Crippen molar-refractivity contribution in [1.29, 1.82) is 0 Å². The lowest BCUT2D eigenvalue weighted by atomic mass is 10.2. The van der Waals surface area contributed by atoms with Crippen molar-refractivity contribution >= 4 is 28.7 Å². The maximum Gasteiger partial charge on any atom is 0.175 e. The number of nitrogens with one attached hydrogen (secondary N) is 2. The molecule has 0 unspecified atom stereocenters. The summed E-state index contributed by atoms with van der Waals surface area (Å²) in [5.74, 6) is 2.25. The second-order valence-electron chi connectivity index (χ2n) is 4.67. The van der Waals surface area contributed by atoms with Crippen LogP contribution in [-0.2, 0) is 0 Å². The molecule has 1 heterocycles. The average molecular weight is 316 g/mol. The second kappa shape index (κ2) is 6.53. The molecule has 0 atom stereocenters. The van der Waals surface area contributed by atoms with Crippen LogP contribution in [0, 0.1) is 0 Å². The third-order valence-electron chi connectivity index (χ3n) is 3.13. The predicted molar refractivity (Wildman–Crippen MR) is 90.3 cm³/mol. The Morgan fingerprint density at radius 1 is 1.00 bits per heavy atom. The van der Waals surface area contributed by atoms with Crippen LogP contribution in [0.2, 0.25) is 0 Å². The molecule has 0 radical (unpaired) electrons. The molecule has 2 N–H and O–H groups in total. The SMILES string of the molecule is COc1cccc(NC(=S)Nc2ccc3c(c2)OCCO3)c1. The highest BCUT2D eigenvalue weighted by Crippen LogP contribution is 2.32. The maximum atomic E-state index is 5.55. The number of rotatable bonds is 3. The van der Waals surface area contributed by atoms with E-state index >= 15 is 0 Å². The fraction of sp³-hybridized carbons (Fsp3) is 0.188. The van der Waals surface area contributed by atoms with E-state index in [0.717, 1.165) is 28.6 Å². The van der Waals surface area contributed by atoms with Gasteiger partial charge in [-0.05, 0) is 36.5 Å². The standard InChI is InChI=1S/C16H16N2O3S/c1-19-13-4-2-3-11(9-13)17-16(22)18-12-5-6-14-15(10-12)21-8-7-20-14/h2-6,9-10H,7-8H2,1H3,(H2,17,18,22). The zero-order valence-electron chi connectivity index (χ0n) is 12.1. The fourth-order valence-corrected chi connectivity index (χ4v) is 2.35. The smallest absolute Gasteiger partial charge is 0.175 e. The Morgan fingerprint density at radius 3 is 2.50 bits per heavy atom. The molecule has 5 nitrogen and oxygen atoms in total. The van der Waals surface area contributed by atoms with E-state index in [1.54, 1.807) is 7.11 Å². The fourth-order valence-electron chi connectivity index (χ4n) is 2.12. The van der Waals surface area contributed by atoms with E-state index in [0.29, 0.717) is 18.3 Å². The first-order valence-electron chi connectivity index (χ1n) is 6.86. The normalized spacial score (nSPS) is 12.4. The van der Waals surface area contributed by atoms with E-state index < -0.39 is 0 Å². The molecule has 6 heteroatoms. The van der Waals surface area contributed by atoms with Gasteiger partial charge in [0.25, 0.3) is 0 Å². The lowest BCUT2D eigenvalue weighted by Gasteiger charge is -2.19. The summed E-state index contributed by atoms with van der Waals surface area (Å²) in [5.41, 5.74) is 1.69. The lowest BCUT2D eigenvalue weighted by molar-refractivity contribution is 0.171. The number of methoxy groups -OCH3 is 1. The minimum atomic E-state index is 0.491. The van der Waals surface area contributed by atoms with E-state index in [2.05, 4.69) is 10.6 Å². The lowest BCUT2D eigenvalue weighted by Crippen LogP contribution is -2.20. The van der Waals surface area contributed by atoms with Gasteiger partial charge in [0, 0.05) is 23.5 Å². The Morgan fingerprint density at radius 2 is 1.73 bits per heavy atom. The molecule has 2 aromatic rings. The predicted octanol–water partition coefficient (Wildman–Crippen LogP) is 3.28. The molecule has 0 amide bonds. The van der Waals surface area contributed by atoms with E-state index in [9.17, 15) is 0 Å². The van der Waals surface area contributed by atoms with Gasteiger partial charge in [0.1, 0.15) is 19.0 Å². The van der Waals surface area contributed by atoms with Crippen LogP contribution in [0.3, 0.4) is 0 Å². The molecule has 0 spiro atoms. The summed E-state index contributed by atoms with van der Waals surface area (Å²) in [6, 6.07) is 13.2. The van der Waals surface area contributed by atoms with Crippen LogP contribution < -0.4 is 24.8 Å². The third-order valence-corrected chi connectivity index (χ3v) is 3.33. The highest BCUT2D eigenvalue weighted by Gasteiger charge is 2.12. The van der Waals surface area contributed by atoms with E-state index in [4.69, 9.17) is 26.4 Å². The van der Waals surface area contributed by atoms with Crippen molar-refractivity contribution in [3.05, 3.63) is 42.5 Å². The summed E-state index contributed by atoms with van der Waals surface area (Å²) in [4.78, 5) is 0. The molecular formula is C16H16N2O3S. The minimum Gasteiger partial charge on any atom is -0.497 e. The molecule has 3 rings (SSSR count). The van der Waals surface area contributed by atoms with E-state index in [-0.39, 0.29) is 0 Å². The van der Waals surface area contributed by atoms with Crippen molar-refractivity contribution in [2.24, 2.45) is 0 Å². The minimum absolute atomic E-state index is 0.491. The summed E-state index contributed by atoms with van der Waals surface area (Å²) in [6.45, 7) is 1.14. The molecule has 1 aliphatic heterocycles. The first-order chi connectivity index (χ1) is 10.7. The Balaban J connectivity index is 1.66. The second-order valence-corrected chi connectivity index (χ2v) is 5.08. The van der Waals surface area contributed by atoms with Crippen molar-refractivity contribution in [2.75, 3.05) is 31.0 Å². The van der Waals surface area contributed by atoms with Gasteiger partial charge in [-0.25, -0.2) is 0 Å². The molecule has 0 saturated carbocycles. The number of anilines is 2. The Bertz CT molecular complexity index is 691. The van der Waals surface area contributed by atoms with Gasteiger partial charge < -0.3 is 24.8 Å². The molecule has 0 aromatic heterocycles. The quantitative estimate of drug-likeness (QED) is 0.848. The number of hydrogen-bond acceptors (Lipinski definition) is 4.